The molecule has 0 atom stereocenters. The van der Waals surface area contributed by atoms with E-state index in [9.17, 15) is 9.59 Å². The molecule has 26 heavy (non-hydrogen) atoms. The molecule has 0 aliphatic rings. The minimum atomic E-state index is -0.635. The summed E-state index contributed by atoms with van der Waals surface area (Å²) in [6.45, 7) is 2.54. The molecule has 0 aliphatic carbocycles. The van der Waals surface area contributed by atoms with E-state index < -0.39 is 11.8 Å². The number of amides is 2. The van der Waals surface area contributed by atoms with E-state index in [0.717, 1.165) is 24.9 Å². The minimum Gasteiger partial charge on any atom is -0.378 e. The van der Waals surface area contributed by atoms with E-state index in [0.29, 0.717) is 12.2 Å². The Bertz CT molecular complexity index is 722. The highest BCUT2D eigenvalue weighted by atomic mass is 16.2. The van der Waals surface area contributed by atoms with Crippen LogP contribution in [0.25, 0.3) is 0 Å². The molecule has 2 aromatic carbocycles. The van der Waals surface area contributed by atoms with Crippen molar-refractivity contribution in [2.45, 2.75) is 26.2 Å². The van der Waals surface area contributed by atoms with Crippen LogP contribution < -0.4 is 15.5 Å². The summed E-state index contributed by atoms with van der Waals surface area (Å²) in [7, 11) is 4.02. The molecule has 2 amide bonds. The first-order valence-corrected chi connectivity index (χ1v) is 8.94. The first-order valence-electron chi connectivity index (χ1n) is 8.94. The molecule has 0 fully saturated rings. The van der Waals surface area contributed by atoms with Gasteiger partial charge in [-0.1, -0.05) is 31.2 Å². The maximum Gasteiger partial charge on any atom is 0.313 e. The molecule has 0 heterocycles. The fourth-order valence-corrected chi connectivity index (χ4v) is 2.55. The van der Waals surface area contributed by atoms with Gasteiger partial charge in [0.05, 0.1) is 0 Å². The fraction of sp³-hybridized carbons (Fsp3) is 0.333. The summed E-state index contributed by atoms with van der Waals surface area (Å²) in [5.74, 6) is -1.24. The minimum absolute atomic E-state index is 0.469. The first-order chi connectivity index (χ1) is 12.5. The van der Waals surface area contributed by atoms with E-state index in [-0.39, 0.29) is 0 Å². The molecule has 5 heteroatoms. The van der Waals surface area contributed by atoms with E-state index in [1.165, 1.54) is 11.1 Å². The van der Waals surface area contributed by atoms with Gasteiger partial charge in [-0.3, -0.25) is 9.59 Å². The Morgan fingerprint density at radius 1 is 0.885 bits per heavy atom. The highest BCUT2D eigenvalue weighted by molar-refractivity contribution is 6.39. The van der Waals surface area contributed by atoms with Gasteiger partial charge >= 0.3 is 11.8 Å². The number of hydrogen-bond donors (Lipinski definition) is 2. The Morgan fingerprint density at radius 3 is 2.08 bits per heavy atom. The average Bonchev–Trinajstić information content (AvgIpc) is 2.66. The predicted octanol–water partition coefficient (Wildman–Crippen LogP) is 3.00. The van der Waals surface area contributed by atoms with E-state index >= 15 is 0 Å². The van der Waals surface area contributed by atoms with E-state index in [1.807, 2.05) is 26.2 Å². The molecule has 0 unspecified atom stereocenters. The average molecular weight is 353 g/mol. The van der Waals surface area contributed by atoms with Crippen molar-refractivity contribution in [2.24, 2.45) is 0 Å². The number of benzene rings is 2. The molecule has 0 saturated heterocycles. The third-order valence-electron chi connectivity index (χ3n) is 4.21. The van der Waals surface area contributed by atoms with Gasteiger partial charge in [0, 0.05) is 32.0 Å². The number of hydrogen-bond acceptors (Lipinski definition) is 3. The van der Waals surface area contributed by atoms with Crippen molar-refractivity contribution >= 4 is 23.2 Å². The zero-order valence-corrected chi connectivity index (χ0v) is 15.7. The number of carbonyl (C=O) groups excluding carboxylic acids is 2. The number of anilines is 2. The highest BCUT2D eigenvalue weighted by Crippen LogP contribution is 2.13. The molecule has 2 rings (SSSR count). The topological polar surface area (TPSA) is 61.4 Å². The second-order valence-electron chi connectivity index (χ2n) is 6.42. The summed E-state index contributed by atoms with van der Waals surface area (Å²) in [6, 6.07) is 15.8. The van der Waals surface area contributed by atoms with Crippen molar-refractivity contribution in [1.82, 2.24) is 5.32 Å². The lowest BCUT2D eigenvalue weighted by molar-refractivity contribution is -0.136. The Kier molecular flexibility index (Phi) is 7.21. The number of nitrogens with zero attached hydrogens (tertiary/aromatic N) is 1. The summed E-state index contributed by atoms with van der Waals surface area (Å²) >= 11 is 0. The quantitative estimate of drug-likeness (QED) is 0.594. The summed E-state index contributed by atoms with van der Waals surface area (Å²) in [5.41, 5.74) is 4.19. The van der Waals surface area contributed by atoms with E-state index in [1.54, 1.807) is 12.1 Å². The Hall–Kier alpha value is -2.82. The van der Waals surface area contributed by atoms with E-state index in [2.05, 4.69) is 46.7 Å². The van der Waals surface area contributed by atoms with E-state index in [4.69, 9.17) is 0 Å². The second kappa shape index (κ2) is 9.61. The molecule has 5 nitrogen and oxygen atoms in total. The zero-order valence-electron chi connectivity index (χ0n) is 15.7. The summed E-state index contributed by atoms with van der Waals surface area (Å²) in [4.78, 5) is 25.8. The zero-order chi connectivity index (χ0) is 18.9. The monoisotopic (exact) mass is 353 g/mol. The molecule has 0 bridgehead atoms. The third kappa shape index (κ3) is 5.92. The number of aryl methyl sites for hydroxylation is 2. The summed E-state index contributed by atoms with van der Waals surface area (Å²) in [6.07, 6.45) is 2.58. The fourth-order valence-electron chi connectivity index (χ4n) is 2.55. The van der Waals surface area contributed by atoms with Gasteiger partial charge in [-0.25, -0.2) is 0 Å². The van der Waals surface area contributed by atoms with Crippen LogP contribution in [0.2, 0.25) is 0 Å². The molecular weight excluding hydrogens is 326 g/mol. The van der Waals surface area contributed by atoms with Crippen LogP contribution in [0.1, 0.15) is 24.5 Å². The van der Waals surface area contributed by atoms with Crippen molar-refractivity contribution in [1.29, 1.82) is 0 Å². The van der Waals surface area contributed by atoms with Crippen molar-refractivity contribution < 1.29 is 9.59 Å². The maximum absolute atomic E-state index is 11.9. The molecule has 2 aromatic rings. The lowest BCUT2D eigenvalue weighted by atomic mass is 10.1. The smallest absolute Gasteiger partial charge is 0.313 e. The number of rotatable bonds is 7. The van der Waals surface area contributed by atoms with Crippen LogP contribution in [0, 0.1) is 0 Å². The lowest BCUT2D eigenvalue weighted by Crippen LogP contribution is -2.36. The third-order valence-corrected chi connectivity index (χ3v) is 4.21. The molecule has 0 saturated carbocycles. The molecular formula is C21H27N3O2. The van der Waals surface area contributed by atoms with Gasteiger partial charge in [-0.2, -0.15) is 0 Å². The SMILES string of the molecule is CCc1ccc(NC(=O)C(=O)NCCCc2ccc(N(C)C)cc2)cc1. The van der Waals surface area contributed by atoms with Gasteiger partial charge < -0.3 is 15.5 Å². The van der Waals surface area contributed by atoms with Crippen molar-refractivity contribution in [3.05, 3.63) is 59.7 Å². The number of carbonyl (C=O) groups is 2. The molecule has 138 valence electrons. The molecule has 0 radical (unpaired) electrons. The van der Waals surface area contributed by atoms with Crippen molar-refractivity contribution in [2.75, 3.05) is 30.9 Å². The highest BCUT2D eigenvalue weighted by Gasteiger charge is 2.12. The van der Waals surface area contributed by atoms with Gasteiger partial charge in [0.1, 0.15) is 0 Å². The summed E-state index contributed by atoms with van der Waals surface area (Å²) < 4.78 is 0. The standard InChI is InChI=1S/C21H27N3O2/c1-4-16-7-11-18(12-8-16)23-21(26)20(25)22-15-5-6-17-9-13-19(14-10-17)24(2)3/h7-14H,4-6,15H2,1-3H3,(H,22,25)(H,23,26). The molecule has 0 aromatic heterocycles. The van der Waals surface area contributed by atoms with Crippen LogP contribution in [0.5, 0.6) is 0 Å². The predicted molar refractivity (Wildman–Crippen MR) is 107 cm³/mol. The van der Waals surface area contributed by atoms with Crippen LogP contribution in [-0.4, -0.2) is 32.5 Å². The van der Waals surface area contributed by atoms with Crippen molar-refractivity contribution in [3.8, 4) is 0 Å². The molecule has 0 aliphatic heterocycles. The van der Waals surface area contributed by atoms with Crippen LogP contribution >= 0.6 is 0 Å². The van der Waals surface area contributed by atoms with Crippen LogP contribution in [0.3, 0.4) is 0 Å². The van der Waals surface area contributed by atoms with Gasteiger partial charge in [-0.05, 0) is 54.7 Å². The maximum atomic E-state index is 11.9. The Morgan fingerprint density at radius 2 is 1.50 bits per heavy atom. The lowest BCUT2D eigenvalue weighted by Gasteiger charge is -2.12. The second-order valence-corrected chi connectivity index (χ2v) is 6.42. The van der Waals surface area contributed by atoms with Gasteiger partial charge in [-0.15, -0.1) is 0 Å². The summed E-state index contributed by atoms with van der Waals surface area (Å²) in [5, 5.41) is 5.28. The first kappa shape index (κ1) is 19.5. The number of nitrogens with one attached hydrogen (secondary N) is 2. The van der Waals surface area contributed by atoms with Gasteiger partial charge in [0.2, 0.25) is 0 Å². The Labute approximate surface area is 155 Å². The van der Waals surface area contributed by atoms with Gasteiger partial charge in [0.25, 0.3) is 0 Å². The van der Waals surface area contributed by atoms with Crippen LogP contribution in [-0.2, 0) is 22.4 Å². The van der Waals surface area contributed by atoms with Gasteiger partial charge in [0.15, 0.2) is 0 Å². The normalized spacial score (nSPS) is 10.3. The Balaban J connectivity index is 1.71. The molecule has 0 spiro atoms. The molecule has 2 N–H and O–H groups in total. The van der Waals surface area contributed by atoms with Crippen LogP contribution in [0.4, 0.5) is 11.4 Å². The largest absolute Gasteiger partial charge is 0.378 e. The van der Waals surface area contributed by atoms with Crippen LogP contribution in [0.15, 0.2) is 48.5 Å². The van der Waals surface area contributed by atoms with Crippen molar-refractivity contribution in [3.63, 3.8) is 0 Å².